The molecule has 3 rings (SSSR count). The second kappa shape index (κ2) is 8.84. The van der Waals surface area contributed by atoms with Gasteiger partial charge in [-0.1, -0.05) is 6.07 Å². The predicted molar refractivity (Wildman–Crippen MR) is 101 cm³/mol. The summed E-state index contributed by atoms with van der Waals surface area (Å²) in [5, 5.41) is 12.6. The molecule has 2 aromatic rings. The van der Waals surface area contributed by atoms with E-state index in [2.05, 4.69) is 10.1 Å². The summed E-state index contributed by atoms with van der Waals surface area (Å²) in [4.78, 5) is 12.3. The van der Waals surface area contributed by atoms with Crippen LogP contribution in [0, 0.1) is 0 Å². The number of carbonyl (C=O) groups is 1. The van der Waals surface area contributed by atoms with Gasteiger partial charge in [0, 0.05) is 11.0 Å². The summed E-state index contributed by atoms with van der Waals surface area (Å²) in [6, 6.07) is 7.61. The Hall–Kier alpha value is -2.92. The summed E-state index contributed by atoms with van der Waals surface area (Å²) in [6.45, 7) is 2.07. The first-order chi connectivity index (χ1) is 14.2. The number of rotatable bonds is 7. The molecule has 2 N–H and O–H groups in total. The minimum atomic E-state index is -4.80. The Morgan fingerprint density at radius 2 is 1.97 bits per heavy atom. The topological polar surface area (TPSA) is 86.3 Å². The Kier molecular flexibility index (Phi) is 6.42. The number of methoxy groups -OCH3 is 1. The maximum Gasteiger partial charge on any atom is 0.573 e. The number of ether oxygens (including phenoxy) is 3. The molecule has 11 heteroatoms. The standard InChI is InChI=1S/C19H19BF3NO6/c1-11(24-18(25)12-3-6-14(7-4-12)30-19(21,22)23)9-28-15-8-5-13-10-29-20(26)16(13)17(15)27-2/h3-8,11,26H,9-10H2,1-2H3,(H,24,25)/t11-/m1/s1. The molecular weight excluding hydrogens is 406 g/mol. The lowest BCUT2D eigenvalue weighted by molar-refractivity contribution is -0.274. The number of nitrogens with one attached hydrogen (secondary N) is 1. The van der Waals surface area contributed by atoms with Crippen molar-refractivity contribution in [2.24, 2.45) is 0 Å². The molecule has 30 heavy (non-hydrogen) atoms. The Bertz CT molecular complexity index is 906. The summed E-state index contributed by atoms with van der Waals surface area (Å²) in [5.41, 5.74) is 1.48. The quantitative estimate of drug-likeness (QED) is 0.661. The van der Waals surface area contributed by atoms with Crippen LogP contribution >= 0.6 is 0 Å². The van der Waals surface area contributed by atoms with Crippen molar-refractivity contribution < 1.29 is 41.9 Å². The van der Waals surface area contributed by atoms with Gasteiger partial charge in [0.25, 0.3) is 5.91 Å². The number of alkyl halides is 3. The molecule has 0 fully saturated rings. The molecule has 1 amide bonds. The first-order valence-electron chi connectivity index (χ1n) is 8.97. The molecular formula is C19H19BF3NO6. The largest absolute Gasteiger partial charge is 0.573 e. The van der Waals surface area contributed by atoms with Gasteiger partial charge < -0.3 is 29.2 Å². The van der Waals surface area contributed by atoms with Gasteiger partial charge in [0.15, 0.2) is 11.5 Å². The summed E-state index contributed by atoms with van der Waals surface area (Å²) >= 11 is 0. The van der Waals surface area contributed by atoms with Crippen LogP contribution in [0.15, 0.2) is 36.4 Å². The number of hydrogen-bond acceptors (Lipinski definition) is 6. The van der Waals surface area contributed by atoms with Crippen LogP contribution in [-0.2, 0) is 11.3 Å². The van der Waals surface area contributed by atoms with Gasteiger partial charge in [0.05, 0.1) is 19.8 Å². The van der Waals surface area contributed by atoms with Crippen LogP contribution in [0.5, 0.6) is 17.2 Å². The molecule has 0 bridgehead atoms. The molecule has 0 aliphatic carbocycles. The van der Waals surface area contributed by atoms with Crippen LogP contribution < -0.4 is 25.0 Å². The number of carbonyl (C=O) groups excluding carboxylic acids is 1. The number of fused-ring (bicyclic) bond motifs is 1. The lowest BCUT2D eigenvalue weighted by Crippen LogP contribution is -2.37. The molecule has 7 nitrogen and oxygen atoms in total. The van der Waals surface area contributed by atoms with Crippen LogP contribution in [0.2, 0.25) is 0 Å². The summed E-state index contributed by atoms with van der Waals surface area (Å²) in [5.74, 6) is -0.147. The Balaban J connectivity index is 1.58. The van der Waals surface area contributed by atoms with Gasteiger partial charge in [-0.25, -0.2) is 0 Å². The molecule has 0 unspecified atom stereocenters. The Labute approximate surface area is 170 Å². The van der Waals surface area contributed by atoms with Gasteiger partial charge in [-0.15, -0.1) is 13.2 Å². The van der Waals surface area contributed by atoms with Gasteiger partial charge in [-0.05, 0) is 42.8 Å². The third kappa shape index (κ3) is 5.16. The van der Waals surface area contributed by atoms with E-state index in [1.807, 2.05) is 0 Å². The van der Waals surface area contributed by atoms with E-state index in [0.717, 1.165) is 17.7 Å². The van der Waals surface area contributed by atoms with Crippen LogP contribution in [0.4, 0.5) is 13.2 Å². The lowest BCUT2D eigenvalue weighted by atomic mass is 9.78. The molecule has 1 atom stereocenters. The smallest absolute Gasteiger partial charge is 0.493 e. The first-order valence-corrected chi connectivity index (χ1v) is 8.97. The second-order valence-corrected chi connectivity index (χ2v) is 6.59. The Morgan fingerprint density at radius 3 is 2.60 bits per heavy atom. The molecule has 160 valence electrons. The average Bonchev–Trinajstić information content (AvgIpc) is 3.06. The van der Waals surface area contributed by atoms with E-state index in [-0.39, 0.29) is 18.8 Å². The van der Waals surface area contributed by atoms with Gasteiger partial charge in [-0.3, -0.25) is 4.79 Å². The lowest BCUT2D eigenvalue weighted by Gasteiger charge is -2.18. The minimum absolute atomic E-state index is 0.0904. The predicted octanol–water partition coefficient (Wildman–Crippen LogP) is 2.01. The summed E-state index contributed by atoms with van der Waals surface area (Å²) < 4.78 is 56.6. The highest BCUT2D eigenvalue weighted by atomic mass is 19.4. The van der Waals surface area contributed by atoms with Crippen LogP contribution in [0.3, 0.4) is 0 Å². The molecule has 0 saturated carbocycles. The van der Waals surface area contributed by atoms with Crippen LogP contribution in [-0.4, -0.2) is 44.2 Å². The highest BCUT2D eigenvalue weighted by Gasteiger charge is 2.33. The second-order valence-electron chi connectivity index (χ2n) is 6.59. The van der Waals surface area contributed by atoms with Crippen molar-refractivity contribution in [1.82, 2.24) is 5.32 Å². The highest BCUT2D eigenvalue weighted by Crippen LogP contribution is 2.29. The Morgan fingerprint density at radius 1 is 1.27 bits per heavy atom. The van der Waals surface area contributed by atoms with E-state index in [1.54, 1.807) is 19.1 Å². The fourth-order valence-corrected chi connectivity index (χ4v) is 2.96. The molecule has 1 heterocycles. The van der Waals surface area contributed by atoms with Gasteiger partial charge in [-0.2, -0.15) is 0 Å². The van der Waals surface area contributed by atoms with E-state index in [1.165, 1.54) is 19.2 Å². The number of benzene rings is 2. The van der Waals surface area contributed by atoms with Crippen molar-refractivity contribution in [1.29, 1.82) is 0 Å². The minimum Gasteiger partial charge on any atom is -0.493 e. The molecule has 0 spiro atoms. The summed E-state index contributed by atoms with van der Waals surface area (Å²) in [7, 11) is 0.352. The van der Waals surface area contributed by atoms with E-state index in [4.69, 9.17) is 14.1 Å². The number of halogens is 3. The van der Waals surface area contributed by atoms with Gasteiger partial charge in [0.2, 0.25) is 0 Å². The molecule has 1 aliphatic rings. The average molecular weight is 425 g/mol. The molecule has 0 saturated heterocycles. The zero-order chi connectivity index (χ0) is 21.9. The SMILES string of the molecule is COc1c(OC[C@@H](C)NC(=O)c2ccc(OC(F)(F)F)cc2)ccc2c1B(O)OC2. The molecule has 1 aliphatic heterocycles. The molecule has 2 aromatic carbocycles. The van der Waals surface area contributed by atoms with Crippen LogP contribution in [0.25, 0.3) is 0 Å². The van der Waals surface area contributed by atoms with Gasteiger partial charge in [0.1, 0.15) is 12.4 Å². The fourth-order valence-electron chi connectivity index (χ4n) is 2.96. The van der Waals surface area contributed by atoms with E-state index < -0.39 is 31.2 Å². The van der Waals surface area contributed by atoms with Crippen molar-refractivity contribution in [3.05, 3.63) is 47.5 Å². The highest BCUT2D eigenvalue weighted by molar-refractivity contribution is 6.62. The van der Waals surface area contributed by atoms with E-state index >= 15 is 0 Å². The third-order valence-corrected chi connectivity index (χ3v) is 4.31. The molecule has 0 aromatic heterocycles. The zero-order valence-electron chi connectivity index (χ0n) is 16.2. The van der Waals surface area contributed by atoms with Crippen molar-refractivity contribution in [3.8, 4) is 17.2 Å². The van der Waals surface area contributed by atoms with E-state index in [0.29, 0.717) is 17.0 Å². The van der Waals surface area contributed by atoms with E-state index in [9.17, 15) is 23.0 Å². The first kappa shape index (κ1) is 21.8. The molecule has 0 radical (unpaired) electrons. The zero-order valence-corrected chi connectivity index (χ0v) is 16.2. The number of amides is 1. The number of hydrogen-bond donors (Lipinski definition) is 2. The van der Waals surface area contributed by atoms with Crippen molar-refractivity contribution in [2.75, 3.05) is 13.7 Å². The summed E-state index contributed by atoms with van der Waals surface area (Å²) in [6.07, 6.45) is -4.80. The third-order valence-electron chi connectivity index (χ3n) is 4.31. The monoisotopic (exact) mass is 425 g/mol. The van der Waals surface area contributed by atoms with Crippen molar-refractivity contribution >= 4 is 18.5 Å². The van der Waals surface area contributed by atoms with Crippen LogP contribution in [0.1, 0.15) is 22.8 Å². The maximum atomic E-state index is 12.3. The van der Waals surface area contributed by atoms with Crippen molar-refractivity contribution in [3.63, 3.8) is 0 Å². The van der Waals surface area contributed by atoms with Gasteiger partial charge >= 0.3 is 13.5 Å². The van der Waals surface area contributed by atoms with Crippen molar-refractivity contribution in [2.45, 2.75) is 25.9 Å². The fraction of sp³-hybridized carbons (Fsp3) is 0.316. The normalized spacial score (nSPS) is 14.1. The maximum absolute atomic E-state index is 12.3.